The molecule has 6 nitrogen and oxygen atoms in total. The van der Waals surface area contributed by atoms with E-state index in [0.29, 0.717) is 23.5 Å². The second-order valence-corrected chi connectivity index (χ2v) is 6.30. The van der Waals surface area contributed by atoms with Crippen molar-refractivity contribution in [3.8, 4) is 0 Å². The van der Waals surface area contributed by atoms with Crippen molar-refractivity contribution in [1.29, 1.82) is 0 Å². The first-order valence-corrected chi connectivity index (χ1v) is 7.78. The standard InChI is InChI=1S/C14H20N2O4S/c1-8-11(21-12(15-8)9(2)20-3)13(17)16-6-4-5-10(7-16)14(18)19/h9-10H,4-7H2,1-3H3,(H,18,19)/t9-,10+/m1/s1. The van der Waals surface area contributed by atoms with Crippen molar-refractivity contribution in [3.05, 3.63) is 15.6 Å². The van der Waals surface area contributed by atoms with E-state index in [4.69, 9.17) is 9.84 Å². The maximum atomic E-state index is 12.6. The molecule has 0 saturated carbocycles. The average Bonchev–Trinajstić information content (AvgIpc) is 2.87. The molecule has 2 rings (SSSR count). The molecular weight excluding hydrogens is 292 g/mol. The number of piperidine rings is 1. The molecule has 1 aliphatic rings. The van der Waals surface area contributed by atoms with Gasteiger partial charge in [0, 0.05) is 20.2 Å². The van der Waals surface area contributed by atoms with Crippen LogP contribution < -0.4 is 0 Å². The van der Waals surface area contributed by atoms with Crippen molar-refractivity contribution in [2.45, 2.75) is 32.8 Å². The summed E-state index contributed by atoms with van der Waals surface area (Å²) < 4.78 is 5.22. The van der Waals surface area contributed by atoms with Gasteiger partial charge in [-0.25, -0.2) is 4.98 Å². The number of likely N-dealkylation sites (tertiary alicyclic amines) is 1. The average molecular weight is 312 g/mol. The third-order valence-corrected chi connectivity index (χ3v) is 5.07. The number of aliphatic carboxylic acids is 1. The van der Waals surface area contributed by atoms with Crippen LogP contribution in [0.2, 0.25) is 0 Å². The fraction of sp³-hybridized carbons (Fsp3) is 0.643. The number of carboxylic acids is 1. The molecule has 1 fully saturated rings. The van der Waals surface area contributed by atoms with Crippen LogP contribution in [0, 0.1) is 12.8 Å². The molecule has 1 aromatic rings. The first kappa shape index (κ1) is 15.9. The number of thiazole rings is 1. The minimum Gasteiger partial charge on any atom is -0.481 e. The summed E-state index contributed by atoms with van der Waals surface area (Å²) in [6, 6.07) is 0. The highest BCUT2D eigenvalue weighted by atomic mass is 32.1. The van der Waals surface area contributed by atoms with Crippen molar-refractivity contribution >= 4 is 23.2 Å². The molecule has 0 aromatic carbocycles. The lowest BCUT2D eigenvalue weighted by molar-refractivity contribution is -0.143. The van der Waals surface area contributed by atoms with Crippen molar-refractivity contribution < 1.29 is 19.4 Å². The number of hydrogen-bond acceptors (Lipinski definition) is 5. The van der Waals surface area contributed by atoms with E-state index in [0.717, 1.165) is 11.4 Å². The van der Waals surface area contributed by atoms with Crippen LogP contribution in [0.1, 0.15) is 46.2 Å². The summed E-state index contributed by atoms with van der Waals surface area (Å²) in [4.78, 5) is 30.3. The van der Waals surface area contributed by atoms with Gasteiger partial charge >= 0.3 is 5.97 Å². The number of aryl methyl sites for hydroxylation is 1. The highest BCUT2D eigenvalue weighted by Crippen LogP contribution is 2.28. The third-order valence-electron chi connectivity index (χ3n) is 3.77. The molecule has 21 heavy (non-hydrogen) atoms. The second-order valence-electron chi connectivity index (χ2n) is 5.27. The molecule has 0 radical (unpaired) electrons. The molecule has 1 N–H and O–H groups in total. The number of hydrogen-bond donors (Lipinski definition) is 1. The van der Waals surface area contributed by atoms with Gasteiger partial charge in [-0.3, -0.25) is 9.59 Å². The molecule has 7 heteroatoms. The summed E-state index contributed by atoms with van der Waals surface area (Å²) >= 11 is 1.33. The highest BCUT2D eigenvalue weighted by molar-refractivity contribution is 7.13. The number of carbonyl (C=O) groups excluding carboxylic acids is 1. The highest BCUT2D eigenvalue weighted by Gasteiger charge is 2.30. The van der Waals surface area contributed by atoms with E-state index in [1.807, 2.05) is 6.92 Å². The van der Waals surface area contributed by atoms with E-state index < -0.39 is 11.9 Å². The maximum absolute atomic E-state index is 12.6. The van der Waals surface area contributed by atoms with Gasteiger partial charge in [0.2, 0.25) is 0 Å². The number of methoxy groups -OCH3 is 1. The molecule has 2 atom stereocenters. The van der Waals surface area contributed by atoms with Gasteiger partial charge < -0.3 is 14.7 Å². The zero-order valence-corrected chi connectivity index (χ0v) is 13.3. The van der Waals surface area contributed by atoms with Crippen LogP contribution in [0.3, 0.4) is 0 Å². The number of carbonyl (C=O) groups is 2. The number of amides is 1. The SMILES string of the molecule is CO[C@H](C)c1nc(C)c(C(=O)N2CCC[C@H](C(=O)O)C2)s1. The van der Waals surface area contributed by atoms with Gasteiger partial charge in [-0.15, -0.1) is 11.3 Å². The Balaban J connectivity index is 2.16. The topological polar surface area (TPSA) is 79.7 Å². The summed E-state index contributed by atoms with van der Waals surface area (Å²) in [7, 11) is 1.60. The van der Waals surface area contributed by atoms with Crippen molar-refractivity contribution in [2.75, 3.05) is 20.2 Å². The van der Waals surface area contributed by atoms with Crippen molar-refractivity contribution in [3.63, 3.8) is 0 Å². The quantitative estimate of drug-likeness (QED) is 0.921. The minimum atomic E-state index is -0.831. The number of nitrogens with zero attached hydrogens (tertiary/aromatic N) is 2. The number of rotatable bonds is 4. The lowest BCUT2D eigenvalue weighted by Crippen LogP contribution is -2.42. The van der Waals surface area contributed by atoms with E-state index in [2.05, 4.69) is 4.98 Å². The van der Waals surface area contributed by atoms with Crippen LogP contribution in [0.5, 0.6) is 0 Å². The fourth-order valence-corrected chi connectivity index (χ4v) is 3.46. The summed E-state index contributed by atoms with van der Waals surface area (Å²) in [5, 5.41) is 9.88. The summed E-state index contributed by atoms with van der Waals surface area (Å²) in [5.74, 6) is -1.42. The van der Waals surface area contributed by atoms with E-state index >= 15 is 0 Å². The Kier molecular flexibility index (Phi) is 4.95. The van der Waals surface area contributed by atoms with Crippen LogP contribution in [0.4, 0.5) is 0 Å². The van der Waals surface area contributed by atoms with Crippen LogP contribution in [0.25, 0.3) is 0 Å². The van der Waals surface area contributed by atoms with Gasteiger partial charge in [0.25, 0.3) is 5.91 Å². The fourth-order valence-electron chi connectivity index (χ4n) is 2.40. The van der Waals surface area contributed by atoms with E-state index in [-0.39, 0.29) is 18.6 Å². The second kappa shape index (κ2) is 6.53. The molecule has 0 unspecified atom stereocenters. The normalized spacial score (nSPS) is 20.3. The van der Waals surface area contributed by atoms with Crippen LogP contribution in [0.15, 0.2) is 0 Å². The number of carboxylic acid groups (broad SMARTS) is 1. The molecule has 1 amide bonds. The van der Waals surface area contributed by atoms with Crippen LogP contribution in [-0.2, 0) is 9.53 Å². The van der Waals surface area contributed by atoms with E-state index in [9.17, 15) is 9.59 Å². The molecule has 0 bridgehead atoms. The van der Waals surface area contributed by atoms with Crippen molar-refractivity contribution in [2.24, 2.45) is 5.92 Å². The Hall–Kier alpha value is -1.47. The van der Waals surface area contributed by atoms with Crippen molar-refractivity contribution in [1.82, 2.24) is 9.88 Å². The summed E-state index contributed by atoms with van der Waals surface area (Å²) in [6.07, 6.45) is 1.21. The number of aromatic nitrogens is 1. The maximum Gasteiger partial charge on any atom is 0.308 e. The molecule has 2 heterocycles. The Morgan fingerprint density at radius 2 is 2.24 bits per heavy atom. The Morgan fingerprint density at radius 1 is 1.52 bits per heavy atom. The van der Waals surface area contributed by atoms with E-state index in [1.54, 1.807) is 18.9 Å². The van der Waals surface area contributed by atoms with Crippen LogP contribution in [-0.4, -0.2) is 47.1 Å². The zero-order valence-electron chi connectivity index (χ0n) is 12.5. The van der Waals surface area contributed by atoms with Gasteiger partial charge in [-0.2, -0.15) is 0 Å². The predicted octanol–water partition coefficient (Wildman–Crippen LogP) is 2.10. The molecule has 0 aliphatic carbocycles. The molecular formula is C14H20N2O4S. The molecule has 0 spiro atoms. The monoisotopic (exact) mass is 312 g/mol. The molecule has 1 aliphatic heterocycles. The van der Waals surface area contributed by atoms with Gasteiger partial charge in [-0.1, -0.05) is 0 Å². The first-order valence-electron chi connectivity index (χ1n) is 6.96. The van der Waals surface area contributed by atoms with Gasteiger partial charge in [0.05, 0.1) is 11.6 Å². The molecule has 116 valence electrons. The largest absolute Gasteiger partial charge is 0.481 e. The smallest absolute Gasteiger partial charge is 0.308 e. The first-order chi connectivity index (χ1) is 9.93. The lowest BCUT2D eigenvalue weighted by Gasteiger charge is -2.30. The molecule has 1 saturated heterocycles. The Labute approximate surface area is 127 Å². The van der Waals surface area contributed by atoms with Gasteiger partial charge in [-0.05, 0) is 26.7 Å². The van der Waals surface area contributed by atoms with Gasteiger partial charge in [0.1, 0.15) is 16.0 Å². The van der Waals surface area contributed by atoms with E-state index in [1.165, 1.54) is 11.3 Å². The van der Waals surface area contributed by atoms with Gasteiger partial charge in [0.15, 0.2) is 0 Å². The van der Waals surface area contributed by atoms with Crippen LogP contribution >= 0.6 is 11.3 Å². The third kappa shape index (κ3) is 3.41. The summed E-state index contributed by atoms with van der Waals surface area (Å²) in [6.45, 7) is 4.57. The zero-order chi connectivity index (χ0) is 15.6. The predicted molar refractivity (Wildman–Crippen MR) is 78.5 cm³/mol. The lowest BCUT2D eigenvalue weighted by atomic mass is 9.98. The minimum absolute atomic E-state index is 0.120. The summed E-state index contributed by atoms with van der Waals surface area (Å²) in [5.41, 5.74) is 0.682. The molecule has 1 aromatic heterocycles. The Bertz CT molecular complexity index is 543. The Morgan fingerprint density at radius 3 is 2.86 bits per heavy atom. The number of ether oxygens (including phenoxy) is 1.